The van der Waals surface area contributed by atoms with E-state index in [1.165, 1.54) is 11.6 Å². The molecule has 1 aliphatic carbocycles. The van der Waals surface area contributed by atoms with Crippen LogP contribution in [0.1, 0.15) is 46.6 Å². The molecular weight excluding hydrogens is 454 g/mol. The minimum absolute atomic E-state index is 0.0630. The van der Waals surface area contributed by atoms with E-state index in [0.29, 0.717) is 6.61 Å². The molecule has 0 fully saturated rings. The number of aromatic carboxylic acids is 1. The van der Waals surface area contributed by atoms with E-state index in [2.05, 4.69) is 39.1 Å². The predicted molar refractivity (Wildman–Crippen MR) is 127 cm³/mol. The van der Waals surface area contributed by atoms with Crippen molar-refractivity contribution in [1.29, 1.82) is 0 Å². The van der Waals surface area contributed by atoms with Gasteiger partial charge in [-0.05, 0) is 72.4 Å². The minimum atomic E-state index is -1.02. The molecule has 1 heterocycles. The first-order valence-corrected chi connectivity index (χ1v) is 11.0. The summed E-state index contributed by atoms with van der Waals surface area (Å²) in [5.74, 6) is -0.205. The van der Waals surface area contributed by atoms with Gasteiger partial charge in [-0.2, -0.15) is 0 Å². The van der Waals surface area contributed by atoms with Gasteiger partial charge < -0.3 is 9.84 Å². The van der Waals surface area contributed by atoms with Crippen molar-refractivity contribution in [3.63, 3.8) is 0 Å². The smallest absolute Gasteiger partial charge is 0.354 e. The van der Waals surface area contributed by atoms with Gasteiger partial charge in [-0.1, -0.05) is 58.4 Å². The van der Waals surface area contributed by atoms with Gasteiger partial charge in [-0.25, -0.2) is 9.78 Å². The SMILES string of the molecule is O=C(O)c1cccc(C2=C(c3cc(Br)ccc3OC/C=C/c3ccccc3)CCC2)n1. The summed E-state index contributed by atoms with van der Waals surface area (Å²) in [6, 6.07) is 21.3. The third kappa shape index (κ3) is 5.12. The van der Waals surface area contributed by atoms with Crippen molar-refractivity contribution in [2.45, 2.75) is 19.3 Å². The number of ether oxygens (including phenoxy) is 1. The van der Waals surface area contributed by atoms with E-state index < -0.39 is 5.97 Å². The molecule has 0 atom stereocenters. The van der Waals surface area contributed by atoms with Crippen molar-refractivity contribution in [1.82, 2.24) is 4.98 Å². The van der Waals surface area contributed by atoms with Crippen molar-refractivity contribution >= 4 is 39.1 Å². The second kappa shape index (κ2) is 9.75. The summed E-state index contributed by atoms with van der Waals surface area (Å²) in [4.78, 5) is 15.7. The predicted octanol–water partition coefficient (Wildman–Crippen LogP) is 6.73. The molecule has 1 aromatic heterocycles. The highest BCUT2D eigenvalue weighted by Gasteiger charge is 2.22. The highest BCUT2D eigenvalue weighted by Crippen LogP contribution is 2.43. The Morgan fingerprint density at radius 3 is 2.65 bits per heavy atom. The Morgan fingerprint density at radius 2 is 1.84 bits per heavy atom. The van der Waals surface area contributed by atoms with Crippen molar-refractivity contribution in [3.8, 4) is 5.75 Å². The summed E-state index contributed by atoms with van der Waals surface area (Å²) in [6.07, 6.45) is 6.82. The molecule has 5 heteroatoms. The van der Waals surface area contributed by atoms with Crippen LogP contribution in [-0.2, 0) is 0 Å². The highest BCUT2D eigenvalue weighted by atomic mass is 79.9. The number of carbonyl (C=O) groups is 1. The average molecular weight is 476 g/mol. The van der Waals surface area contributed by atoms with E-state index in [0.717, 1.165) is 51.9 Å². The number of allylic oxidation sites excluding steroid dienone is 2. The summed E-state index contributed by atoms with van der Waals surface area (Å²) < 4.78 is 7.09. The molecule has 0 saturated heterocycles. The molecule has 156 valence electrons. The van der Waals surface area contributed by atoms with Crippen LogP contribution in [0.15, 0.2) is 77.3 Å². The number of nitrogens with zero attached hydrogens (tertiary/aromatic N) is 1. The van der Waals surface area contributed by atoms with Crippen molar-refractivity contribution in [3.05, 3.63) is 99.8 Å². The Labute approximate surface area is 190 Å². The maximum absolute atomic E-state index is 11.4. The Balaban J connectivity index is 1.63. The van der Waals surface area contributed by atoms with E-state index in [4.69, 9.17) is 4.74 Å². The Hall–Kier alpha value is -3.18. The number of halogens is 1. The van der Waals surface area contributed by atoms with E-state index in [9.17, 15) is 9.90 Å². The molecule has 4 rings (SSSR count). The van der Waals surface area contributed by atoms with Gasteiger partial charge in [0.15, 0.2) is 0 Å². The molecule has 0 amide bonds. The lowest BCUT2D eigenvalue weighted by Crippen LogP contribution is -2.02. The fourth-order valence-corrected chi connectivity index (χ4v) is 4.16. The van der Waals surface area contributed by atoms with Crippen LogP contribution in [0.4, 0.5) is 0 Å². The quantitative estimate of drug-likeness (QED) is 0.411. The van der Waals surface area contributed by atoms with Gasteiger partial charge in [-0.3, -0.25) is 0 Å². The zero-order chi connectivity index (χ0) is 21.6. The average Bonchev–Trinajstić information content (AvgIpc) is 3.28. The number of pyridine rings is 1. The Morgan fingerprint density at radius 1 is 1.03 bits per heavy atom. The van der Waals surface area contributed by atoms with Crippen LogP contribution in [0.3, 0.4) is 0 Å². The zero-order valence-electron chi connectivity index (χ0n) is 16.9. The third-order valence-corrected chi connectivity index (χ3v) is 5.70. The van der Waals surface area contributed by atoms with E-state index in [1.807, 2.05) is 48.6 Å². The van der Waals surface area contributed by atoms with Crippen LogP contribution in [0.5, 0.6) is 5.75 Å². The molecule has 3 aromatic rings. The first kappa shape index (κ1) is 21.1. The number of benzene rings is 2. The third-order valence-electron chi connectivity index (χ3n) is 5.21. The number of carboxylic acid groups (broad SMARTS) is 1. The molecule has 0 bridgehead atoms. The van der Waals surface area contributed by atoms with E-state index >= 15 is 0 Å². The number of carboxylic acids is 1. The van der Waals surface area contributed by atoms with Gasteiger partial charge in [0, 0.05) is 10.0 Å². The van der Waals surface area contributed by atoms with Crippen LogP contribution in [-0.4, -0.2) is 22.7 Å². The molecule has 0 radical (unpaired) electrons. The van der Waals surface area contributed by atoms with E-state index in [-0.39, 0.29) is 5.69 Å². The lowest BCUT2D eigenvalue weighted by atomic mass is 9.99. The van der Waals surface area contributed by atoms with Gasteiger partial charge in [-0.15, -0.1) is 0 Å². The van der Waals surface area contributed by atoms with Crippen molar-refractivity contribution in [2.24, 2.45) is 0 Å². The summed E-state index contributed by atoms with van der Waals surface area (Å²) in [5, 5.41) is 9.31. The van der Waals surface area contributed by atoms with Gasteiger partial charge in [0.25, 0.3) is 0 Å². The molecular formula is C26H22BrNO3. The number of aromatic nitrogens is 1. The van der Waals surface area contributed by atoms with Gasteiger partial charge >= 0.3 is 5.97 Å². The second-order valence-corrected chi connectivity index (χ2v) is 8.20. The fourth-order valence-electron chi connectivity index (χ4n) is 3.80. The van der Waals surface area contributed by atoms with Crippen molar-refractivity contribution in [2.75, 3.05) is 6.61 Å². The molecule has 0 unspecified atom stereocenters. The lowest BCUT2D eigenvalue weighted by Gasteiger charge is -2.14. The number of hydrogen-bond donors (Lipinski definition) is 1. The minimum Gasteiger partial charge on any atom is -0.489 e. The second-order valence-electron chi connectivity index (χ2n) is 7.29. The molecule has 0 saturated carbocycles. The lowest BCUT2D eigenvalue weighted by molar-refractivity contribution is 0.0690. The standard InChI is InChI=1S/C26H22BrNO3/c27-19-14-15-25(31-16-6-9-18-7-2-1-3-8-18)22(17-19)20-10-4-11-21(20)23-12-5-13-24(28-23)26(29)30/h1-3,5-9,12-15,17H,4,10-11,16H2,(H,29,30)/b9-6+. The zero-order valence-corrected chi connectivity index (χ0v) is 18.5. The van der Waals surface area contributed by atoms with Gasteiger partial charge in [0.05, 0.1) is 5.69 Å². The first-order valence-electron chi connectivity index (χ1n) is 10.2. The van der Waals surface area contributed by atoms with Crippen LogP contribution >= 0.6 is 15.9 Å². The molecule has 0 aliphatic heterocycles. The molecule has 4 nitrogen and oxygen atoms in total. The largest absolute Gasteiger partial charge is 0.489 e. The number of hydrogen-bond acceptors (Lipinski definition) is 3. The van der Waals surface area contributed by atoms with Crippen LogP contribution < -0.4 is 4.74 Å². The highest BCUT2D eigenvalue weighted by molar-refractivity contribution is 9.10. The maximum atomic E-state index is 11.4. The maximum Gasteiger partial charge on any atom is 0.354 e. The number of rotatable bonds is 7. The summed E-state index contributed by atoms with van der Waals surface area (Å²) >= 11 is 3.58. The Kier molecular flexibility index (Phi) is 6.63. The van der Waals surface area contributed by atoms with Crippen LogP contribution in [0, 0.1) is 0 Å². The summed E-state index contributed by atoms with van der Waals surface area (Å²) in [7, 11) is 0. The monoisotopic (exact) mass is 475 g/mol. The molecule has 1 N–H and O–H groups in total. The van der Waals surface area contributed by atoms with Crippen LogP contribution in [0.2, 0.25) is 0 Å². The molecule has 2 aromatic carbocycles. The molecule has 1 aliphatic rings. The molecule has 31 heavy (non-hydrogen) atoms. The summed E-state index contributed by atoms with van der Waals surface area (Å²) in [5.41, 5.74) is 5.20. The van der Waals surface area contributed by atoms with Crippen LogP contribution in [0.25, 0.3) is 17.2 Å². The molecule has 0 spiro atoms. The summed E-state index contributed by atoms with van der Waals surface area (Å²) in [6.45, 7) is 0.457. The van der Waals surface area contributed by atoms with Gasteiger partial charge in [0.2, 0.25) is 0 Å². The van der Waals surface area contributed by atoms with Gasteiger partial charge in [0.1, 0.15) is 18.1 Å². The fraction of sp³-hybridized carbons (Fsp3) is 0.154. The van der Waals surface area contributed by atoms with Crippen molar-refractivity contribution < 1.29 is 14.6 Å². The Bertz CT molecular complexity index is 1150. The normalized spacial score (nSPS) is 13.7. The van der Waals surface area contributed by atoms with E-state index in [1.54, 1.807) is 6.07 Å². The topological polar surface area (TPSA) is 59.4 Å². The first-order chi connectivity index (χ1) is 15.1.